The molecule has 0 spiro atoms. The number of para-hydroxylation sites is 1. The first-order valence-corrected chi connectivity index (χ1v) is 10.8. The Bertz CT molecular complexity index is 1030. The van der Waals surface area contributed by atoms with E-state index in [1.807, 2.05) is 23.1 Å². The predicted molar refractivity (Wildman–Crippen MR) is 117 cm³/mol. The lowest BCUT2D eigenvalue weighted by Gasteiger charge is -2.41. The van der Waals surface area contributed by atoms with Crippen LogP contribution < -0.4 is 4.90 Å². The summed E-state index contributed by atoms with van der Waals surface area (Å²) >= 11 is 3.17. The van der Waals surface area contributed by atoms with Crippen LogP contribution >= 0.6 is 23.1 Å². The van der Waals surface area contributed by atoms with Gasteiger partial charge in [0.15, 0.2) is 4.34 Å². The topological polar surface area (TPSA) is 33.2 Å². The third kappa shape index (κ3) is 3.42. The Hall–Kier alpha value is -2.11. The Morgan fingerprint density at radius 2 is 1.96 bits per heavy atom. The van der Waals surface area contributed by atoms with Crippen molar-refractivity contribution in [2.24, 2.45) is 0 Å². The number of benzene rings is 2. The number of carbonyl (C=O) groups excluding carboxylic acids is 1. The number of thioether (sulfide) groups is 1. The van der Waals surface area contributed by atoms with E-state index in [2.05, 4.69) is 63.0 Å². The van der Waals surface area contributed by atoms with Gasteiger partial charge in [-0.15, -0.1) is 11.3 Å². The molecule has 1 aromatic heterocycles. The Labute approximate surface area is 168 Å². The van der Waals surface area contributed by atoms with Gasteiger partial charge in [0, 0.05) is 5.56 Å². The van der Waals surface area contributed by atoms with Crippen LogP contribution in [0.4, 0.5) is 5.69 Å². The minimum atomic E-state index is -0.351. The van der Waals surface area contributed by atoms with Gasteiger partial charge in [0.25, 0.3) is 0 Å². The number of aromatic nitrogens is 1. The van der Waals surface area contributed by atoms with Crippen molar-refractivity contribution in [3.05, 3.63) is 59.7 Å². The summed E-state index contributed by atoms with van der Waals surface area (Å²) in [5.74, 6) is 0.489. The van der Waals surface area contributed by atoms with Gasteiger partial charge >= 0.3 is 0 Å². The van der Waals surface area contributed by atoms with E-state index < -0.39 is 0 Å². The van der Waals surface area contributed by atoms with Gasteiger partial charge in [-0.25, -0.2) is 4.98 Å². The summed E-state index contributed by atoms with van der Waals surface area (Å²) in [6, 6.07) is 14.4. The number of thiazole rings is 1. The summed E-state index contributed by atoms with van der Waals surface area (Å²) in [5.41, 5.74) is 5.17. The molecule has 138 valence electrons. The van der Waals surface area contributed by atoms with Crippen molar-refractivity contribution in [2.75, 3.05) is 10.7 Å². The van der Waals surface area contributed by atoms with E-state index in [0.29, 0.717) is 5.75 Å². The first-order chi connectivity index (χ1) is 12.8. The molecule has 27 heavy (non-hydrogen) atoms. The number of rotatable bonds is 3. The van der Waals surface area contributed by atoms with Crippen LogP contribution in [0.3, 0.4) is 0 Å². The quantitative estimate of drug-likeness (QED) is 0.517. The molecule has 4 rings (SSSR count). The van der Waals surface area contributed by atoms with Gasteiger partial charge in [-0.2, -0.15) is 0 Å². The van der Waals surface area contributed by atoms with Crippen molar-refractivity contribution < 1.29 is 4.79 Å². The summed E-state index contributed by atoms with van der Waals surface area (Å²) in [7, 11) is 0. The van der Waals surface area contributed by atoms with E-state index in [1.54, 1.807) is 11.3 Å². The third-order valence-corrected chi connectivity index (χ3v) is 6.97. The molecule has 1 aliphatic rings. The Kier molecular flexibility index (Phi) is 4.60. The van der Waals surface area contributed by atoms with E-state index in [1.165, 1.54) is 17.3 Å². The molecule has 3 nitrogen and oxygen atoms in total. The highest BCUT2D eigenvalue weighted by molar-refractivity contribution is 8.01. The van der Waals surface area contributed by atoms with Crippen LogP contribution in [0.2, 0.25) is 0 Å². The fourth-order valence-corrected chi connectivity index (χ4v) is 5.62. The molecule has 2 aromatic carbocycles. The molecular formula is C22H22N2OS2. The summed E-state index contributed by atoms with van der Waals surface area (Å²) in [5, 5.41) is 0. The molecular weight excluding hydrogens is 372 g/mol. The van der Waals surface area contributed by atoms with Crippen molar-refractivity contribution in [3.8, 4) is 0 Å². The van der Waals surface area contributed by atoms with Gasteiger partial charge in [-0.3, -0.25) is 4.79 Å². The molecule has 0 saturated heterocycles. The zero-order chi connectivity index (χ0) is 19.2. The number of fused-ring (bicyclic) bond motifs is 2. The van der Waals surface area contributed by atoms with Crippen molar-refractivity contribution in [1.82, 2.24) is 4.98 Å². The normalized spacial score (nSPS) is 15.6. The summed E-state index contributed by atoms with van der Waals surface area (Å²) in [6.45, 7) is 8.39. The number of allylic oxidation sites excluding steroid dienone is 1. The SMILES string of the molecule is CC1=CC(C)(C)N(C(=O)CSc2nc3ccccc3s2)c2cc(C)ccc21. The second kappa shape index (κ2) is 6.80. The van der Waals surface area contributed by atoms with Crippen LogP contribution in [-0.4, -0.2) is 22.2 Å². The van der Waals surface area contributed by atoms with Crippen LogP contribution in [0.25, 0.3) is 15.8 Å². The number of carbonyl (C=O) groups is 1. The number of nitrogens with zero attached hydrogens (tertiary/aromatic N) is 2. The summed E-state index contributed by atoms with van der Waals surface area (Å²) in [4.78, 5) is 19.8. The average Bonchev–Trinajstić information content (AvgIpc) is 3.01. The van der Waals surface area contributed by atoms with Gasteiger partial charge < -0.3 is 4.90 Å². The number of amides is 1. The van der Waals surface area contributed by atoms with E-state index in [9.17, 15) is 4.79 Å². The van der Waals surface area contributed by atoms with Crippen LogP contribution in [0.5, 0.6) is 0 Å². The largest absolute Gasteiger partial charge is 0.302 e. The maximum absolute atomic E-state index is 13.2. The van der Waals surface area contributed by atoms with Gasteiger partial charge in [-0.1, -0.05) is 42.1 Å². The Morgan fingerprint density at radius 1 is 1.19 bits per heavy atom. The molecule has 0 fully saturated rings. The predicted octanol–water partition coefficient (Wildman–Crippen LogP) is 5.93. The molecule has 3 aromatic rings. The summed E-state index contributed by atoms with van der Waals surface area (Å²) in [6.07, 6.45) is 2.19. The molecule has 0 N–H and O–H groups in total. The zero-order valence-corrected chi connectivity index (χ0v) is 17.6. The Balaban J connectivity index is 1.61. The van der Waals surface area contributed by atoms with Crippen molar-refractivity contribution in [1.29, 1.82) is 0 Å². The fourth-order valence-electron chi connectivity index (χ4n) is 3.70. The van der Waals surface area contributed by atoms with Crippen LogP contribution in [0.1, 0.15) is 31.9 Å². The Morgan fingerprint density at radius 3 is 2.74 bits per heavy atom. The lowest BCUT2D eigenvalue weighted by molar-refractivity contribution is -0.116. The van der Waals surface area contributed by atoms with Gasteiger partial charge in [0.2, 0.25) is 5.91 Å². The lowest BCUT2D eigenvalue weighted by Crippen LogP contribution is -2.49. The minimum Gasteiger partial charge on any atom is -0.302 e. The van der Waals surface area contributed by atoms with Crippen molar-refractivity contribution in [2.45, 2.75) is 37.6 Å². The highest BCUT2D eigenvalue weighted by Gasteiger charge is 2.35. The summed E-state index contributed by atoms with van der Waals surface area (Å²) < 4.78 is 2.10. The standard InChI is InChI=1S/C22H22N2OS2/c1-14-9-10-16-15(2)12-22(3,4)24(18(16)11-14)20(25)13-26-21-23-17-7-5-6-8-19(17)27-21/h5-12H,13H2,1-4H3. The molecule has 5 heteroatoms. The van der Waals surface area contributed by atoms with Crippen LogP contribution in [-0.2, 0) is 4.79 Å². The maximum atomic E-state index is 13.2. The van der Waals surface area contributed by atoms with E-state index >= 15 is 0 Å². The monoisotopic (exact) mass is 394 g/mol. The molecule has 0 saturated carbocycles. The first-order valence-electron chi connectivity index (χ1n) is 8.97. The molecule has 0 unspecified atom stereocenters. The number of anilines is 1. The van der Waals surface area contributed by atoms with E-state index in [-0.39, 0.29) is 11.4 Å². The smallest absolute Gasteiger partial charge is 0.238 e. The lowest BCUT2D eigenvalue weighted by atomic mass is 9.88. The molecule has 1 amide bonds. The van der Waals surface area contributed by atoms with Crippen LogP contribution in [0, 0.1) is 6.92 Å². The molecule has 0 bridgehead atoms. The second-order valence-corrected chi connectivity index (χ2v) is 9.72. The van der Waals surface area contributed by atoms with E-state index in [0.717, 1.165) is 31.4 Å². The zero-order valence-electron chi connectivity index (χ0n) is 15.9. The number of hydrogen-bond acceptors (Lipinski definition) is 4. The minimum absolute atomic E-state index is 0.111. The molecule has 0 atom stereocenters. The highest BCUT2D eigenvalue weighted by atomic mass is 32.2. The van der Waals surface area contributed by atoms with Crippen LogP contribution in [0.15, 0.2) is 52.9 Å². The molecule has 1 aliphatic heterocycles. The maximum Gasteiger partial charge on any atom is 0.238 e. The molecule has 2 heterocycles. The highest BCUT2D eigenvalue weighted by Crippen LogP contribution is 2.40. The first kappa shape index (κ1) is 18.3. The van der Waals surface area contributed by atoms with Gasteiger partial charge in [0.1, 0.15) is 0 Å². The third-order valence-electron chi connectivity index (χ3n) is 4.81. The number of hydrogen-bond donors (Lipinski definition) is 0. The average molecular weight is 395 g/mol. The van der Waals surface area contributed by atoms with E-state index in [4.69, 9.17) is 0 Å². The van der Waals surface area contributed by atoms with Crippen molar-refractivity contribution in [3.63, 3.8) is 0 Å². The fraction of sp³-hybridized carbons (Fsp3) is 0.273. The second-order valence-electron chi connectivity index (χ2n) is 7.47. The van der Waals surface area contributed by atoms with Gasteiger partial charge in [0.05, 0.1) is 27.2 Å². The molecule has 0 aliphatic carbocycles. The van der Waals surface area contributed by atoms with Gasteiger partial charge in [-0.05, 0) is 57.0 Å². The van der Waals surface area contributed by atoms with Crippen molar-refractivity contribution >= 4 is 50.5 Å². The molecule has 0 radical (unpaired) electrons. The number of aryl methyl sites for hydroxylation is 1.